The van der Waals surface area contributed by atoms with E-state index in [4.69, 9.17) is 0 Å². The fourth-order valence-corrected chi connectivity index (χ4v) is 4.91. The van der Waals surface area contributed by atoms with Crippen molar-refractivity contribution >= 4 is 20.9 Å². The van der Waals surface area contributed by atoms with E-state index >= 15 is 0 Å². The first-order valence-electron chi connectivity index (χ1n) is 10.7. The van der Waals surface area contributed by atoms with Crippen LogP contribution in [0.1, 0.15) is 77.3 Å². The highest BCUT2D eigenvalue weighted by Crippen LogP contribution is 2.32. The number of benzene rings is 2. The zero-order chi connectivity index (χ0) is 20.7. The number of quaternary nitrogens is 1. The number of hydrogen-bond acceptors (Lipinski definition) is 3. The molecule has 0 saturated heterocycles. The Morgan fingerprint density at radius 1 is 0.862 bits per heavy atom. The molecule has 0 aliphatic rings. The molecule has 4 N–H and O–H groups in total. The zero-order valence-electron chi connectivity index (χ0n) is 18.8. The number of unbranched alkanes of at least 4 members (excludes halogenated alkanes) is 2. The van der Waals surface area contributed by atoms with Crippen LogP contribution < -0.4 is 6.15 Å². The Labute approximate surface area is 177 Å². The minimum Gasteiger partial charge on any atom is -0.744 e. The van der Waals surface area contributed by atoms with Crippen molar-refractivity contribution in [3.63, 3.8) is 0 Å². The number of fused-ring (bicyclic) bond motifs is 1. The van der Waals surface area contributed by atoms with Crippen LogP contribution in [0.3, 0.4) is 0 Å². The molecule has 5 heteroatoms. The maximum absolute atomic E-state index is 12.2. The second kappa shape index (κ2) is 11.7. The van der Waals surface area contributed by atoms with Gasteiger partial charge in [-0.3, -0.25) is 0 Å². The summed E-state index contributed by atoms with van der Waals surface area (Å²) in [6, 6.07) is 9.48. The third kappa shape index (κ3) is 7.72. The molecule has 0 aromatic heterocycles. The lowest BCUT2D eigenvalue weighted by Crippen LogP contribution is -2.09. The van der Waals surface area contributed by atoms with E-state index in [1.165, 1.54) is 6.42 Å². The van der Waals surface area contributed by atoms with Gasteiger partial charge in [-0.05, 0) is 59.4 Å². The van der Waals surface area contributed by atoms with Crippen molar-refractivity contribution < 1.29 is 13.0 Å². The summed E-state index contributed by atoms with van der Waals surface area (Å²) in [5, 5.41) is 1.42. The van der Waals surface area contributed by atoms with E-state index in [1.807, 2.05) is 18.2 Å². The first-order valence-corrected chi connectivity index (χ1v) is 12.1. The summed E-state index contributed by atoms with van der Waals surface area (Å²) in [4.78, 5) is 0.0222. The highest BCUT2D eigenvalue weighted by molar-refractivity contribution is 7.86. The van der Waals surface area contributed by atoms with E-state index in [-0.39, 0.29) is 11.0 Å². The van der Waals surface area contributed by atoms with Gasteiger partial charge in [0, 0.05) is 0 Å². The molecule has 29 heavy (non-hydrogen) atoms. The van der Waals surface area contributed by atoms with Crippen molar-refractivity contribution in [1.82, 2.24) is 6.15 Å². The summed E-state index contributed by atoms with van der Waals surface area (Å²) >= 11 is 0. The van der Waals surface area contributed by atoms with Gasteiger partial charge in [0.2, 0.25) is 0 Å². The Hall–Kier alpha value is -1.43. The van der Waals surface area contributed by atoms with E-state index in [0.717, 1.165) is 55.0 Å². The van der Waals surface area contributed by atoms with E-state index in [0.29, 0.717) is 23.6 Å². The number of aryl methyl sites for hydroxylation is 1. The first-order chi connectivity index (χ1) is 13.2. The molecule has 2 aromatic carbocycles. The molecule has 0 aliphatic carbocycles. The molecule has 0 heterocycles. The van der Waals surface area contributed by atoms with Crippen molar-refractivity contribution in [2.75, 3.05) is 0 Å². The van der Waals surface area contributed by atoms with E-state index in [1.54, 1.807) is 6.07 Å². The molecule has 0 aliphatic heterocycles. The van der Waals surface area contributed by atoms with Crippen molar-refractivity contribution in [1.29, 1.82) is 0 Å². The Bertz CT molecular complexity index is 873. The van der Waals surface area contributed by atoms with Crippen LogP contribution in [0.2, 0.25) is 0 Å². The lowest BCUT2D eigenvalue weighted by atomic mass is 9.92. The summed E-state index contributed by atoms with van der Waals surface area (Å²) in [7, 11) is -4.53. The van der Waals surface area contributed by atoms with Gasteiger partial charge in [0.25, 0.3) is 0 Å². The summed E-state index contributed by atoms with van der Waals surface area (Å²) in [6.07, 6.45) is 7.90. The Kier molecular flexibility index (Phi) is 10.3. The van der Waals surface area contributed by atoms with Gasteiger partial charge in [0.05, 0.1) is 4.90 Å². The minimum atomic E-state index is -4.53. The summed E-state index contributed by atoms with van der Waals surface area (Å²) < 4.78 is 36.7. The fourth-order valence-electron chi connectivity index (χ4n) is 3.92. The molecular weight excluding hydrogens is 382 g/mol. The standard InChI is InChI=1S/C24H36O3S.H3N/c1-18(2)11-5-7-13-20-17-21-14-8-10-16-23(21)24(28(25,26)27)22(20)15-9-6-12-19(3)4;/h8,10,14,16-19H,5-7,9,11-13,15H2,1-4H3,(H,25,26,27);1H3. The second-order valence-electron chi connectivity index (χ2n) is 8.80. The van der Waals surface area contributed by atoms with Gasteiger partial charge in [-0.25, -0.2) is 8.42 Å². The van der Waals surface area contributed by atoms with Crippen LogP contribution in [0, 0.1) is 11.8 Å². The number of hydrogen-bond donors (Lipinski definition) is 1. The van der Waals surface area contributed by atoms with Crippen molar-refractivity contribution in [3.05, 3.63) is 41.5 Å². The predicted octanol–water partition coefficient (Wildman–Crippen LogP) is 6.86. The van der Waals surface area contributed by atoms with Crippen LogP contribution in [-0.2, 0) is 23.0 Å². The molecule has 0 bridgehead atoms. The maximum Gasteiger partial charge on any atom is 0.125 e. The maximum atomic E-state index is 12.2. The molecule has 2 rings (SSSR count). The average Bonchev–Trinajstić information content (AvgIpc) is 2.60. The normalized spacial score (nSPS) is 12.0. The Morgan fingerprint density at radius 3 is 1.97 bits per heavy atom. The lowest BCUT2D eigenvalue weighted by molar-refractivity contribution is 0.462. The molecule has 0 atom stereocenters. The molecule has 0 fully saturated rings. The lowest BCUT2D eigenvalue weighted by Gasteiger charge is -2.20. The van der Waals surface area contributed by atoms with Crippen LogP contribution in [0.4, 0.5) is 0 Å². The fraction of sp³-hybridized carbons (Fsp3) is 0.583. The molecule has 4 nitrogen and oxygen atoms in total. The van der Waals surface area contributed by atoms with Gasteiger partial charge >= 0.3 is 0 Å². The van der Waals surface area contributed by atoms with E-state index < -0.39 is 10.1 Å². The van der Waals surface area contributed by atoms with Crippen LogP contribution in [0.25, 0.3) is 10.8 Å². The van der Waals surface area contributed by atoms with E-state index in [9.17, 15) is 13.0 Å². The molecule has 0 amide bonds. The average molecular weight is 422 g/mol. The van der Waals surface area contributed by atoms with Crippen molar-refractivity contribution in [2.24, 2.45) is 11.8 Å². The quantitative estimate of drug-likeness (QED) is 0.317. The van der Waals surface area contributed by atoms with Gasteiger partial charge in [0.15, 0.2) is 0 Å². The molecular formula is C24H39NO3S. The number of rotatable bonds is 11. The molecule has 0 radical (unpaired) electrons. The third-order valence-electron chi connectivity index (χ3n) is 5.38. The molecule has 164 valence electrons. The van der Waals surface area contributed by atoms with Crippen molar-refractivity contribution in [2.45, 2.75) is 84.0 Å². The summed E-state index contributed by atoms with van der Waals surface area (Å²) in [5.74, 6) is 1.31. The van der Waals surface area contributed by atoms with Gasteiger partial charge in [-0.1, -0.05) is 83.7 Å². The highest BCUT2D eigenvalue weighted by atomic mass is 32.2. The van der Waals surface area contributed by atoms with Crippen molar-refractivity contribution in [3.8, 4) is 0 Å². The van der Waals surface area contributed by atoms with Gasteiger partial charge in [-0.15, -0.1) is 0 Å². The van der Waals surface area contributed by atoms with Gasteiger partial charge < -0.3 is 10.7 Å². The Morgan fingerprint density at radius 2 is 1.41 bits per heavy atom. The van der Waals surface area contributed by atoms with Crippen LogP contribution >= 0.6 is 0 Å². The highest BCUT2D eigenvalue weighted by Gasteiger charge is 2.18. The largest absolute Gasteiger partial charge is 0.744 e. The smallest absolute Gasteiger partial charge is 0.125 e. The minimum absolute atomic E-state index is 0. The summed E-state index contributed by atoms with van der Waals surface area (Å²) in [5.41, 5.74) is 1.81. The van der Waals surface area contributed by atoms with Gasteiger partial charge in [-0.2, -0.15) is 0 Å². The van der Waals surface area contributed by atoms with Crippen LogP contribution in [0.5, 0.6) is 0 Å². The Balaban J connectivity index is 0.00000420. The monoisotopic (exact) mass is 421 g/mol. The van der Waals surface area contributed by atoms with E-state index in [2.05, 4.69) is 33.8 Å². The summed E-state index contributed by atoms with van der Waals surface area (Å²) in [6.45, 7) is 8.84. The van der Waals surface area contributed by atoms with Gasteiger partial charge in [0.1, 0.15) is 10.1 Å². The molecule has 0 saturated carbocycles. The first kappa shape index (κ1) is 25.6. The zero-order valence-corrected chi connectivity index (χ0v) is 19.6. The topological polar surface area (TPSA) is 93.7 Å². The second-order valence-corrected chi connectivity index (χ2v) is 10.1. The molecule has 0 spiro atoms. The SMILES string of the molecule is CC(C)CCCCc1cc2ccccc2c(S(=O)(=O)[O-])c1CCCCC(C)C.[NH4+]. The third-order valence-corrected chi connectivity index (χ3v) is 6.35. The van der Waals surface area contributed by atoms with Crippen LogP contribution in [-0.4, -0.2) is 13.0 Å². The van der Waals surface area contributed by atoms with Crippen LogP contribution in [0.15, 0.2) is 35.2 Å². The predicted molar refractivity (Wildman–Crippen MR) is 123 cm³/mol. The molecule has 2 aromatic rings. The molecule has 0 unspecified atom stereocenters.